The molecule has 3 rings (SSSR count). The van der Waals surface area contributed by atoms with E-state index in [0.717, 1.165) is 20.9 Å². The molecule has 2 N–H and O–H groups in total. The number of hydrogen-bond acceptors (Lipinski definition) is 2. The van der Waals surface area contributed by atoms with Crippen molar-refractivity contribution >= 4 is 32.7 Å². The summed E-state index contributed by atoms with van der Waals surface area (Å²) in [7, 11) is 0. The first-order valence-electron chi connectivity index (χ1n) is 6.18. The van der Waals surface area contributed by atoms with Gasteiger partial charge in [0, 0.05) is 34.3 Å². The van der Waals surface area contributed by atoms with Gasteiger partial charge in [0.05, 0.1) is 0 Å². The maximum absolute atomic E-state index is 12.1. The van der Waals surface area contributed by atoms with Gasteiger partial charge < -0.3 is 10.3 Å². The second-order valence-electron chi connectivity index (χ2n) is 4.45. The summed E-state index contributed by atoms with van der Waals surface area (Å²) in [6.07, 6.45) is 3.42. The smallest absolute Gasteiger partial charge is 0.267 e. The molecule has 0 bridgehead atoms. The van der Waals surface area contributed by atoms with E-state index in [-0.39, 0.29) is 5.91 Å². The highest BCUT2D eigenvalue weighted by molar-refractivity contribution is 9.10. The number of rotatable bonds is 3. The summed E-state index contributed by atoms with van der Waals surface area (Å²) in [5, 5.41) is 3.89. The van der Waals surface area contributed by atoms with Crippen LogP contribution >= 0.6 is 15.9 Å². The number of nitrogens with one attached hydrogen (secondary N) is 2. The van der Waals surface area contributed by atoms with Crippen molar-refractivity contribution in [1.82, 2.24) is 15.3 Å². The Kier molecular flexibility index (Phi) is 3.52. The van der Waals surface area contributed by atoms with E-state index >= 15 is 0 Å². The number of fused-ring (bicyclic) bond motifs is 1. The summed E-state index contributed by atoms with van der Waals surface area (Å²) >= 11 is 3.42. The Morgan fingerprint density at radius 1 is 1.20 bits per heavy atom. The highest BCUT2D eigenvalue weighted by atomic mass is 79.9. The predicted molar refractivity (Wildman–Crippen MR) is 81.4 cm³/mol. The second-order valence-corrected chi connectivity index (χ2v) is 5.37. The molecule has 0 fully saturated rings. The first kappa shape index (κ1) is 12.9. The highest BCUT2D eigenvalue weighted by Crippen LogP contribution is 2.20. The van der Waals surface area contributed by atoms with Gasteiger partial charge in [-0.15, -0.1) is 0 Å². The van der Waals surface area contributed by atoms with Crippen molar-refractivity contribution < 1.29 is 4.79 Å². The molecule has 0 unspecified atom stereocenters. The monoisotopic (exact) mass is 329 g/mol. The SMILES string of the molecule is O=C(NCc1ccncc1)c1cc2cc(Br)ccc2[nH]1. The third-order valence-electron chi connectivity index (χ3n) is 3.03. The zero-order chi connectivity index (χ0) is 13.9. The van der Waals surface area contributed by atoms with E-state index in [1.165, 1.54) is 0 Å². The third kappa shape index (κ3) is 2.72. The lowest BCUT2D eigenvalue weighted by atomic mass is 10.2. The molecule has 0 aliphatic rings. The van der Waals surface area contributed by atoms with E-state index in [4.69, 9.17) is 0 Å². The zero-order valence-corrected chi connectivity index (χ0v) is 12.1. The van der Waals surface area contributed by atoms with Crippen LogP contribution in [-0.2, 0) is 6.54 Å². The number of carbonyl (C=O) groups excluding carboxylic acids is 1. The fraction of sp³-hybridized carbons (Fsp3) is 0.0667. The van der Waals surface area contributed by atoms with Gasteiger partial charge >= 0.3 is 0 Å². The molecule has 0 aliphatic heterocycles. The Balaban J connectivity index is 1.75. The van der Waals surface area contributed by atoms with Crippen LogP contribution in [0.25, 0.3) is 10.9 Å². The molecule has 20 heavy (non-hydrogen) atoms. The van der Waals surface area contributed by atoms with E-state index in [1.807, 2.05) is 36.4 Å². The van der Waals surface area contributed by atoms with Crippen molar-refractivity contribution in [3.8, 4) is 0 Å². The van der Waals surface area contributed by atoms with Crippen molar-refractivity contribution in [2.45, 2.75) is 6.54 Å². The molecular formula is C15H12BrN3O. The lowest BCUT2D eigenvalue weighted by Gasteiger charge is -2.03. The Morgan fingerprint density at radius 3 is 2.80 bits per heavy atom. The fourth-order valence-corrected chi connectivity index (χ4v) is 2.38. The maximum Gasteiger partial charge on any atom is 0.267 e. The number of pyridine rings is 1. The van der Waals surface area contributed by atoms with Crippen molar-refractivity contribution in [3.05, 3.63) is 64.5 Å². The normalized spacial score (nSPS) is 10.7. The van der Waals surface area contributed by atoms with E-state index in [0.29, 0.717) is 12.2 Å². The van der Waals surface area contributed by atoms with Crippen molar-refractivity contribution in [3.63, 3.8) is 0 Å². The van der Waals surface area contributed by atoms with E-state index in [9.17, 15) is 4.79 Å². The van der Waals surface area contributed by atoms with Gasteiger partial charge in [-0.05, 0) is 42.0 Å². The molecule has 5 heteroatoms. The Hall–Kier alpha value is -2.14. The van der Waals surface area contributed by atoms with Crippen LogP contribution in [0.3, 0.4) is 0 Å². The van der Waals surface area contributed by atoms with Crippen LogP contribution in [-0.4, -0.2) is 15.9 Å². The quantitative estimate of drug-likeness (QED) is 0.774. The summed E-state index contributed by atoms with van der Waals surface area (Å²) in [6, 6.07) is 11.5. The van der Waals surface area contributed by atoms with Crippen LogP contribution in [0, 0.1) is 0 Å². The third-order valence-corrected chi connectivity index (χ3v) is 3.52. The Bertz CT molecular complexity index is 752. The number of amides is 1. The minimum absolute atomic E-state index is 0.117. The number of H-pyrrole nitrogens is 1. The molecule has 0 radical (unpaired) electrons. The standard InChI is InChI=1S/C15H12BrN3O/c16-12-1-2-13-11(7-12)8-14(19-13)15(20)18-9-10-3-5-17-6-4-10/h1-8,19H,9H2,(H,18,20). The zero-order valence-electron chi connectivity index (χ0n) is 10.6. The number of nitrogens with zero attached hydrogens (tertiary/aromatic N) is 1. The number of benzene rings is 1. The van der Waals surface area contributed by atoms with Crippen LogP contribution in [0.5, 0.6) is 0 Å². The van der Waals surface area contributed by atoms with Gasteiger partial charge in [-0.25, -0.2) is 0 Å². The van der Waals surface area contributed by atoms with Gasteiger partial charge in [0.15, 0.2) is 0 Å². The molecule has 1 aromatic carbocycles. The lowest BCUT2D eigenvalue weighted by Crippen LogP contribution is -2.23. The number of aromatic amines is 1. The first-order chi connectivity index (χ1) is 9.72. The number of aromatic nitrogens is 2. The molecule has 0 aliphatic carbocycles. The predicted octanol–water partition coefficient (Wildman–Crippen LogP) is 3.26. The van der Waals surface area contributed by atoms with Gasteiger partial charge in [0.2, 0.25) is 0 Å². The molecule has 0 saturated carbocycles. The van der Waals surface area contributed by atoms with Crippen LogP contribution in [0.4, 0.5) is 0 Å². The minimum Gasteiger partial charge on any atom is -0.351 e. The van der Waals surface area contributed by atoms with E-state index in [2.05, 4.69) is 31.2 Å². The molecule has 0 saturated heterocycles. The number of halogens is 1. The summed E-state index contributed by atoms with van der Waals surface area (Å²) < 4.78 is 0.993. The topological polar surface area (TPSA) is 57.8 Å². The molecule has 1 amide bonds. The minimum atomic E-state index is -0.117. The molecular weight excluding hydrogens is 318 g/mol. The van der Waals surface area contributed by atoms with Crippen LogP contribution in [0.1, 0.15) is 16.1 Å². The molecule has 2 heterocycles. The summed E-state index contributed by atoms with van der Waals surface area (Å²) in [4.78, 5) is 19.2. The van der Waals surface area contributed by atoms with Gasteiger partial charge in [-0.3, -0.25) is 9.78 Å². The summed E-state index contributed by atoms with van der Waals surface area (Å²) in [5.41, 5.74) is 2.53. The van der Waals surface area contributed by atoms with E-state index in [1.54, 1.807) is 12.4 Å². The molecule has 2 aromatic heterocycles. The highest BCUT2D eigenvalue weighted by Gasteiger charge is 2.09. The Morgan fingerprint density at radius 2 is 2.00 bits per heavy atom. The van der Waals surface area contributed by atoms with E-state index < -0.39 is 0 Å². The largest absolute Gasteiger partial charge is 0.351 e. The average molecular weight is 330 g/mol. The number of hydrogen-bond donors (Lipinski definition) is 2. The molecule has 100 valence electrons. The van der Waals surface area contributed by atoms with Gasteiger partial charge in [-0.2, -0.15) is 0 Å². The van der Waals surface area contributed by atoms with Crippen molar-refractivity contribution in [2.24, 2.45) is 0 Å². The second kappa shape index (κ2) is 5.46. The summed E-state index contributed by atoms with van der Waals surface area (Å²) in [5.74, 6) is -0.117. The molecule has 0 atom stereocenters. The molecule has 0 spiro atoms. The average Bonchev–Trinajstić information content (AvgIpc) is 2.89. The molecule has 4 nitrogen and oxygen atoms in total. The van der Waals surface area contributed by atoms with Gasteiger partial charge in [0.1, 0.15) is 5.69 Å². The van der Waals surface area contributed by atoms with Crippen molar-refractivity contribution in [1.29, 1.82) is 0 Å². The van der Waals surface area contributed by atoms with Gasteiger partial charge in [-0.1, -0.05) is 15.9 Å². The first-order valence-corrected chi connectivity index (χ1v) is 6.97. The maximum atomic E-state index is 12.1. The van der Waals surface area contributed by atoms with Crippen LogP contribution in [0.2, 0.25) is 0 Å². The lowest BCUT2D eigenvalue weighted by molar-refractivity contribution is 0.0947. The van der Waals surface area contributed by atoms with Crippen LogP contribution in [0.15, 0.2) is 53.3 Å². The summed E-state index contributed by atoms with van der Waals surface area (Å²) in [6.45, 7) is 0.487. The fourth-order valence-electron chi connectivity index (χ4n) is 2.00. The number of carbonyl (C=O) groups is 1. The van der Waals surface area contributed by atoms with Crippen LogP contribution < -0.4 is 5.32 Å². The van der Waals surface area contributed by atoms with Gasteiger partial charge in [0.25, 0.3) is 5.91 Å². The Labute approximate surface area is 124 Å². The molecule has 3 aromatic rings. The van der Waals surface area contributed by atoms with Crippen molar-refractivity contribution in [2.75, 3.05) is 0 Å².